The summed E-state index contributed by atoms with van der Waals surface area (Å²) < 4.78 is 17.3. The summed E-state index contributed by atoms with van der Waals surface area (Å²) >= 11 is 0. The Balaban J connectivity index is 1.37. The summed E-state index contributed by atoms with van der Waals surface area (Å²) in [5.74, 6) is 1.39. The summed E-state index contributed by atoms with van der Waals surface area (Å²) in [6, 6.07) is 7.23. The molecule has 0 atom stereocenters. The fourth-order valence-corrected chi connectivity index (χ4v) is 4.58. The van der Waals surface area contributed by atoms with Crippen molar-refractivity contribution in [2.45, 2.75) is 26.4 Å². The lowest BCUT2D eigenvalue weighted by molar-refractivity contribution is 0.0155. The van der Waals surface area contributed by atoms with Crippen molar-refractivity contribution >= 4 is 40.2 Å². The van der Waals surface area contributed by atoms with Gasteiger partial charge in [0, 0.05) is 50.6 Å². The first kappa shape index (κ1) is 25.5. The number of azo groups is 1. The predicted molar refractivity (Wildman–Crippen MR) is 144 cm³/mol. The van der Waals surface area contributed by atoms with E-state index in [1.165, 1.54) is 0 Å². The summed E-state index contributed by atoms with van der Waals surface area (Å²) in [5, 5.41) is 19.8. The van der Waals surface area contributed by atoms with Gasteiger partial charge in [-0.1, -0.05) is 6.58 Å². The first-order chi connectivity index (χ1) is 18.1. The van der Waals surface area contributed by atoms with Gasteiger partial charge in [0.05, 0.1) is 18.1 Å². The van der Waals surface area contributed by atoms with Crippen LogP contribution in [0, 0.1) is 0 Å². The minimum atomic E-state index is -0.526. The van der Waals surface area contributed by atoms with E-state index < -0.39 is 5.60 Å². The molecule has 38 heavy (non-hydrogen) atoms. The van der Waals surface area contributed by atoms with Crippen LogP contribution in [0.4, 0.5) is 10.6 Å². The lowest BCUT2D eigenvalue weighted by Gasteiger charge is -2.35. The van der Waals surface area contributed by atoms with E-state index in [-0.39, 0.29) is 17.6 Å². The first-order valence-electron chi connectivity index (χ1n) is 12.4. The molecule has 198 valence electrons. The molecule has 3 aromatic rings. The summed E-state index contributed by atoms with van der Waals surface area (Å²) in [4.78, 5) is 20.6. The Kier molecular flexibility index (Phi) is 6.66. The standard InChI is InChI=1S/C28H31N5O5/c1-17(16-32-11-13-33(14-12-32)27(35)38-28(2,3)4)23-21(36-5)9-8-19-24(34)22(37-25(19)23)15-20-18-7-6-10-29-26(18)31-30-20/h6-10,15,34H,1,11-14,16H2,2-5H3. The van der Waals surface area contributed by atoms with Gasteiger partial charge in [-0.3, -0.25) is 4.90 Å². The summed E-state index contributed by atoms with van der Waals surface area (Å²) in [5.41, 5.74) is 2.74. The second-order valence-corrected chi connectivity index (χ2v) is 10.3. The van der Waals surface area contributed by atoms with Crippen LogP contribution < -0.4 is 4.74 Å². The molecule has 1 aromatic carbocycles. The fourth-order valence-electron chi connectivity index (χ4n) is 4.58. The zero-order chi connectivity index (χ0) is 27.0. The minimum Gasteiger partial charge on any atom is -0.504 e. The zero-order valence-electron chi connectivity index (χ0n) is 22.0. The number of piperazine rings is 1. The monoisotopic (exact) mass is 517 g/mol. The van der Waals surface area contributed by atoms with Crippen molar-refractivity contribution in [2.75, 3.05) is 39.8 Å². The quantitative estimate of drug-likeness (QED) is 0.462. The number of pyridine rings is 1. The highest BCUT2D eigenvalue weighted by Gasteiger charge is 2.27. The Hall–Kier alpha value is -4.18. The maximum absolute atomic E-state index is 12.4. The second kappa shape index (κ2) is 9.94. The van der Waals surface area contributed by atoms with E-state index in [1.807, 2.05) is 32.9 Å². The van der Waals surface area contributed by atoms with Crippen LogP contribution in [-0.2, 0) is 4.74 Å². The lowest BCUT2D eigenvalue weighted by atomic mass is 10.0. The van der Waals surface area contributed by atoms with E-state index in [4.69, 9.17) is 13.9 Å². The second-order valence-electron chi connectivity index (χ2n) is 10.3. The van der Waals surface area contributed by atoms with Crippen LogP contribution in [0.1, 0.15) is 37.7 Å². The third kappa shape index (κ3) is 4.99. The van der Waals surface area contributed by atoms with Crippen LogP contribution >= 0.6 is 0 Å². The van der Waals surface area contributed by atoms with E-state index in [2.05, 4.69) is 26.7 Å². The summed E-state index contributed by atoms with van der Waals surface area (Å²) in [7, 11) is 1.59. The van der Waals surface area contributed by atoms with Crippen molar-refractivity contribution in [3.05, 3.63) is 53.9 Å². The van der Waals surface area contributed by atoms with Crippen LogP contribution in [0.3, 0.4) is 0 Å². The Morgan fingerprint density at radius 2 is 1.95 bits per heavy atom. The minimum absolute atomic E-state index is 0.00252. The van der Waals surface area contributed by atoms with Gasteiger partial charge in [-0.25, -0.2) is 9.78 Å². The van der Waals surface area contributed by atoms with Crippen molar-refractivity contribution in [1.82, 2.24) is 14.8 Å². The van der Waals surface area contributed by atoms with Gasteiger partial charge in [-0.2, -0.15) is 0 Å². The molecule has 1 amide bonds. The molecule has 4 heterocycles. The van der Waals surface area contributed by atoms with Crippen LogP contribution in [-0.4, -0.2) is 71.4 Å². The number of carbonyl (C=O) groups is 1. The van der Waals surface area contributed by atoms with Crippen LogP contribution in [0.5, 0.6) is 11.5 Å². The van der Waals surface area contributed by atoms with E-state index in [0.717, 1.165) is 11.1 Å². The molecule has 0 aliphatic carbocycles. The van der Waals surface area contributed by atoms with Crippen LogP contribution in [0.25, 0.3) is 28.3 Å². The number of methoxy groups -OCH3 is 1. The van der Waals surface area contributed by atoms with Crippen molar-refractivity contribution in [1.29, 1.82) is 0 Å². The topological polar surface area (TPSA) is 113 Å². The van der Waals surface area contributed by atoms with Crippen LogP contribution in [0.2, 0.25) is 0 Å². The SMILES string of the molecule is C=C(CN1CCN(C(=O)OC(C)(C)C)CC1)c1c(OC)ccc2c(O)c(C=C3N=Nc4ncccc43)oc12. The number of nitrogens with zero attached hydrogens (tertiary/aromatic N) is 5. The molecule has 2 aliphatic rings. The highest BCUT2D eigenvalue weighted by Crippen LogP contribution is 2.43. The number of fused-ring (bicyclic) bond motifs is 2. The third-order valence-electron chi connectivity index (χ3n) is 6.41. The van der Waals surface area contributed by atoms with Gasteiger partial charge in [0.1, 0.15) is 22.6 Å². The molecule has 0 unspecified atom stereocenters. The number of furan rings is 1. The average molecular weight is 518 g/mol. The molecule has 1 N–H and O–H groups in total. The zero-order valence-corrected chi connectivity index (χ0v) is 22.0. The average Bonchev–Trinajstić information content (AvgIpc) is 3.43. The molecule has 1 fully saturated rings. The molecule has 1 saturated heterocycles. The Bertz CT molecular complexity index is 1460. The highest BCUT2D eigenvalue weighted by molar-refractivity contribution is 5.99. The number of benzene rings is 1. The van der Waals surface area contributed by atoms with Crippen LogP contribution in [0.15, 0.2) is 51.7 Å². The molecule has 2 aromatic heterocycles. The van der Waals surface area contributed by atoms with Gasteiger partial charge in [0.25, 0.3) is 0 Å². The van der Waals surface area contributed by atoms with Gasteiger partial charge in [0.2, 0.25) is 0 Å². The molecule has 10 heteroatoms. The number of hydrogen-bond donors (Lipinski definition) is 1. The third-order valence-corrected chi connectivity index (χ3v) is 6.41. The predicted octanol–water partition coefficient (Wildman–Crippen LogP) is 5.70. The molecule has 10 nitrogen and oxygen atoms in total. The Labute approximate surface area is 220 Å². The Morgan fingerprint density at radius 3 is 2.66 bits per heavy atom. The van der Waals surface area contributed by atoms with Gasteiger partial charge in [-0.15, -0.1) is 10.2 Å². The number of carbonyl (C=O) groups excluding carboxylic acids is 1. The first-order valence-corrected chi connectivity index (χ1v) is 12.4. The van der Waals surface area contributed by atoms with Crippen molar-refractivity contribution in [2.24, 2.45) is 10.2 Å². The number of ether oxygens (including phenoxy) is 2. The lowest BCUT2D eigenvalue weighted by Crippen LogP contribution is -2.50. The van der Waals surface area contributed by atoms with Crippen molar-refractivity contribution in [3.63, 3.8) is 0 Å². The molecule has 2 aliphatic heterocycles. The van der Waals surface area contributed by atoms with E-state index in [0.29, 0.717) is 66.5 Å². The van der Waals surface area contributed by atoms with Gasteiger partial charge < -0.3 is 23.9 Å². The maximum atomic E-state index is 12.4. The van der Waals surface area contributed by atoms with E-state index >= 15 is 0 Å². The number of hydrogen-bond acceptors (Lipinski definition) is 9. The van der Waals surface area contributed by atoms with E-state index in [1.54, 1.807) is 36.4 Å². The summed E-state index contributed by atoms with van der Waals surface area (Å²) in [6.07, 6.45) is 3.01. The number of aromatic hydroxyl groups is 1. The number of amides is 1. The smallest absolute Gasteiger partial charge is 0.410 e. The van der Waals surface area contributed by atoms with Gasteiger partial charge in [0.15, 0.2) is 17.3 Å². The van der Waals surface area contributed by atoms with Crippen molar-refractivity contribution < 1.29 is 23.8 Å². The van der Waals surface area contributed by atoms with E-state index in [9.17, 15) is 9.90 Å². The van der Waals surface area contributed by atoms with Crippen molar-refractivity contribution in [3.8, 4) is 11.5 Å². The largest absolute Gasteiger partial charge is 0.504 e. The molecule has 0 radical (unpaired) electrons. The Morgan fingerprint density at radius 1 is 1.18 bits per heavy atom. The molecule has 0 bridgehead atoms. The normalized spacial score (nSPS) is 16.7. The summed E-state index contributed by atoms with van der Waals surface area (Å²) in [6.45, 7) is 12.9. The number of rotatable bonds is 5. The molecular weight excluding hydrogens is 486 g/mol. The molecule has 0 saturated carbocycles. The molecular formula is C28H31N5O5. The molecule has 5 rings (SSSR count). The van der Waals surface area contributed by atoms with Gasteiger partial charge >= 0.3 is 6.09 Å². The van der Waals surface area contributed by atoms with Gasteiger partial charge in [-0.05, 0) is 50.6 Å². The maximum Gasteiger partial charge on any atom is 0.410 e. The number of aromatic nitrogens is 1. The molecule has 0 spiro atoms. The highest BCUT2D eigenvalue weighted by atomic mass is 16.6. The fraction of sp³-hybridized carbons (Fsp3) is 0.357.